The highest BCUT2D eigenvalue weighted by Crippen LogP contribution is 2.46. The molecule has 0 unspecified atom stereocenters. The predicted octanol–water partition coefficient (Wildman–Crippen LogP) is 16.9. The number of rotatable bonds is 6. The number of hydrogen-bond donors (Lipinski definition) is 0. The molecule has 0 spiro atoms. The van der Waals surface area contributed by atoms with Crippen molar-refractivity contribution in [1.82, 2.24) is 4.57 Å². The van der Waals surface area contributed by atoms with Crippen LogP contribution in [-0.2, 0) is 0 Å². The van der Waals surface area contributed by atoms with Crippen LogP contribution < -0.4 is 4.90 Å². The molecule has 3 nitrogen and oxygen atoms in total. The molecule has 2 aromatic heterocycles. The molecule has 2 heterocycles. The van der Waals surface area contributed by atoms with E-state index < -0.39 is 0 Å². The van der Waals surface area contributed by atoms with E-state index in [4.69, 9.17) is 4.42 Å². The molecule has 0 aliphatic heterocycles. The summed E-state index contributed by atoms with van der Waals surface area (Å²) in [7, 11) is 0. The van der Waals surface area contributed by atoms with E-state index in [2.05, 4.69) is 240 Å². The highest BCUT2D eigenvalue weighted by atomic mass is 16.3. The molecular weight excluding hydrogens is 765 g/mol. The van der Waals surface area contributed by atoms with E-state index in [1.807, 2.05) is 0 Å². The molecule has 0 atom stereocenters. The molecule has 0 saturated heterocycles. The first-order valence-corrected chi connectivity index (χ1v) is 21.6. The summed E-state index contributed by atoms with van der Waals surface area (Å²) in [6, 6.07) is 83.5. The van der Waals surface area contributed by atoms with Gasteiger partial charge in [0, 0.05) is 38.6 Å². The van der Waals surface area contributed by atoms with Crippen LogP contribution in [-0.4, -0.2) is 4.57 Å². The summed E-state index contributed by atoms with van der Waals surface area (Å²) < 4.78 is 9.15. The van der Waals surface area contributed by atoms with E-state index in [1.54, 1.807) is 0 Å². The Balaban J connectivity index is 1.00. The van der Waals surface area contributed by atoms with E-state index in [1.165, 1.54) is 60.0 Å². The predicted molar refractivity (Wildman–Crippen MR) is 266 cm³/mol. The first-order valence-electron chi connectivity index (χ1n) is 21.6. The molecule has 0 saturated carbocycles. The third kappa shape index (κ3) is 5.60. The normalized spacial score (nSPS) is 11.8. The van der Waals surface area contributed by atoms with Gasteiger partial charge in [-0.2, -0.15) is 0 Å². The summed E-state index contributed by atoms with van der Waals surface area (Å²) in [4.78, 5) is 2.40. The number of nitrogens with zero attached hydrogens (tertiary/aromatic N) is 2. The summed E-state index contributed by atoms with van der Waals surface area (Å²) >= 11 is 0. The monoisotopic (exact) mass is 802 g/mol. The summed E-state index contributed by atoms with van der Waals surface area (Å²) in [6.45, 7) is 0. The maximum atomic E-state index is 6.76. The number of benzene rings is 11. The lowest BCUT2D eigenvalue weighted by atomic mass is 9.97. The van der Waals surface area contributed by atoms with Gasteiger partial charge in [0.1, 0.15) is 11.2 Å². The Morgan fingerprint density at radius 2 is 1.00 bits per heavy atom. The summed E-state index contributed by atoms with van der Waals surface area (Å²) in [5, 5.41) is 12.0. The second-order valence-electron chi connectivity index (χ2n) is 16.5. The summed E-state index contributed by atoms with van der Waals surface area (Å²) in [5.74, 6) is 0. The first-order chi connectivity index (χ1) is 31.2. The Bertz CT molecular complexity index is 3910. The van der Waals surface area contributed by atoms with Gasteiger partial charge in [0.2, 0.25) is 0 Å². The highest BCUT2D eigenvalue weighted by molar-refractivity contribution is 6.20. The van der Waals surface area contributed by atoms with Crippen molar-refractivity contribution >= 4 is 93.1 Å². The fraction of sp³-hybridized carbons (Fsp3) is 0. The zero-order valence-corrected chi connectivity index (χ0v) is 34.2. The zero-order chi connectivity index (χ0) is 41.4. The maximum absolute atomic E-state index is 6.76. The van der Waals surface area contributed by atoms with Gasteiger partial charge in [0.25, 0.3) is 0 Å². The minimum atomic E-state index is 0.860. The molecule has 0 N–H and O–H groups in total. The van der Waals surface area contributed by atoms with Gasteiger partial charge in [-0.3, -0.25) is 0 Å². The molecule has 0 aliphatic carbocycles. The Kier molecular flexibility index (Phi) is 7.91. The Labute approximate surface area is 363 Å². The number of anilines is 3. The molecule has 0 aliphatic rings. The SMILES string of the molecule is c1ccc(-n2c3ccccc3c3c(-c4cccc(N(c5ccc(-c6ccc7c(ccc8ccccc87)c6)cc5)c5cccc6oc7c8ccccc8ccc7c56)c4)cccc32)cc1. The van der Waals surface area contributed by atoms with Gasteiger partial charge in [0.15, 0.2) is 0 Å². The topological polar surface area (TPSA) is 21.3 Å². The minimum absolute atomic E-state index is 0.860. The number of aromatic nitrogens is 1. The second-order valence-corrected chi connectivity index (χ2v) is 16.5. The van der Waals surface area contributed by atoms with Crippen LogP contribution in [0.5, 0.6) is 0 Å². The molecule has 63 heavy (non-hydrogen) atoms. The molecule has 3 heteroatoms. The molecule has 13 aromatic rings. The fourth-order valence-electron chi connectivity index (χ4n) is 10.1. The van der Waals surface area contributed by atoms with Gasteiger partial charge < -0.3 is 13.9 Å². The van der Waals surface area contributed by atoms with Crippen molar-refractivity contribution < 1.29 is 4.42 Å². The quantitative estimate of drug-likeness (QED) is 0.156. The fourth-order valence-corrected chi connectivity index (χ4v) is 10.1. The molecule has 11 aromatic carbocycles. The van der Waals surface area contributed by atoms with Crippen LogP contribution in [0, 0.1) is 0 Å². The van der Waals surface area contributed by atoms with Gasteiger partial charge in [0.05, 0.1) is 22.1 Å². The van der Waals surface area contributed by atoms with Crippen molar-refractivity contribution in [3.63, 3.8) is 0 Å². The van der Waals surface area contributed by atoms with Gasteiger partial charge in [-0.1, -0.05) is 158 Å². The molecule has 294 valence electrons. The van der Waals surface area contributed by atoms with Crippen LogP contribution in [0.3, 0.4) is 0 Å². The average molecular weight is 803 g/mol. The van der Waals surface area contributed by atoms with Crippen LogP contribution in [0.15, 0.2) is 235 Å². The Morgan fingerprint density at radius 1 is 0.349 bits per heavy atom. The Hall–Kier alpha value is -8.40. The maximum Gasteiger partial charge on any atom is 0.143 e. The molecule has 13 rings (SSSR count). The zero-order valence-electron chi connectivity index (χ0n) is 34.2. The van der Waals surface area contributed by atoms with Crippen molar-refractivity contribution in [1.29, 1.82) is 0 Å². The van der Waals surface area contributed by atoms with Crippen molar-refractivity contribution in [3.05, 3.63) is 231 Å². The van der Waals surface area contributed by atoms with Crippen LogP contribution in [0.2, 0.25) is 0 Å². The average Bonchev–Trinajstić information content (AvgIpc) is 3.91. The number of fused-ring (bicyclic) bond motifs is 11. The van der Waals surface area contributed by atoms with Crippen molar-refractivity contribution in [3.8, 4) is 27.9 Å². The van der Waals surface area contributed by atoms with Gasteiger partial charge in [-0.15, -0.1) is 0 Å². The molecular formula is C60H38N2O. The van der Waals surface area contributed by atoms with Crippen molar-refractivity contribution in [2.24, 2.45) is 0 Å². The van der Waals surface area contributed by atoms with Crippen LogP contribution >= 0.6 is 0 Å². The van der Waals surface area contributed by atoms with E-state index in [9.17, 15) is 0 Å². The number of furan rings is 1. The molecule has 0 bridgehead atoms. The van der Waals surface area contributed by atoms with Crippen LogP contribution in [0.4, 0.5) is 17.1 Å². The third-order valence-electron chi connectivity index (χ3n) is 12.9. The second kappa shape index (κ2) is 14.1. The largest absolute Gasteiger partial charge is 0.455 e. The van der Waals surface area contributed by atoms with Gasteiger partial charge in [-0.05, 0) is 122 Å². The third-order valence-corrected chi connectivity index (χ3v) is 12.9. The summed E-state index contributed by atoms with van der Waals surface area (Å²) in [5.41, 5.74) is 13.2. The van der Waals surface area contributed by atoms with Crippen molar-refractivity contribution in [2.45, 2.75) is 0 Å². The van der Waals surface area contributed by atoms with E-state index >= 15 is 0 Å². The van der Waals surface area contributed by atoms with Crippen LogP contribution in [0.25, 0.3) is 104 Å². The lowest BCUT2D eigenvalue weighted by Crippen LogP contribution is -2.10. The first kappa shape index (κ1) is 35.4. The minimum Gasteiger partial charge on any atom is -0.455 e. The van der Waals surface area contributed by atoms with E-state index in [-0.39, 0.29) is 0 Å². The Morgan fingerprint density at radius 3 is 1.87 bits per heavy atom. The number of hydrogen-bond acceptors (Lipinski definition) is 2. The number of para-hydroxylation sites is 2. The van der Waals surface area contributed by atoms with Crippen molar-refractivity contribution in [2.75, 3.05) is 4.90 Å². The summed E-state index contributed by atoms with van der Waals surface area (Å²) in [6.07, 6.45) is 0. The van der Waals surface area contributed by atoms with E-state index in [0.29, 0.717) is 0 Å². The standard InChI is InChI=1S/C60H38N2O/c1-2-16-45(17-3-1)62-54-23-9-8-21-52(54)58-50(22-11-24-55(58)62)43-15-10-18-47(38-43)61(56-25-12-26-57-59(56)53-36-31-41-14-5-7-20-51(41)60(53)63-57)46-33-29-39(30-34-46)42-32-35-49-44(37-42)28-27-40-13-4-6-19-48(40)49/h1-38H. The molecule has 0 fully saturated rings. The molecule has 0 radical (unpaired) electrons. The van der Waals surface area contributed by atoms with Gasteiger partial charge in [-0.25, -0.2) is 0 Å². The lowest BCUT2D eigenvalue weighted by molar-refractivity contribution is 0.672. The smallest absolute Gasteiger partial charge is 0.143 e. The lowest BCUT2D eigenvalue weighted by Gasteiger charge is -2.27. The van der Waals surface area contributed by atoms with Gasteiger partial charge >= 0.3 is 0 Å². The molecule has 0 amide bonds. The van der Waals surface area contributed by atoms with Crippen LogP contribution in [0.1, 0.15) is 0 Å². The van der Waals surface area contributed by atoms with E-state index in [0.717, 1.165) is 61.0 Å². The highest BCUT2D eigenvalue weighted by Gasteiger charge is 2.22.